The second kappa shape index (κ2) is 8.13. The Morgan fingerprint density at radius 3 is 2.69 bits per heavy atom. The number of aromatic nitrogens is 1. The monoisotopic (exact) mass is 367 g/mol. The predicted molar refractivity (Wildman–Crippen MR) is 105 cm³/mol. The summed E-state index contributed by atoms with van der Waals surface area (Å²) in [5, 5.41) is 9.23. The highest BCUT2D eigenvalue weighted by molar-refractivity contribution is 7.14. The van der Waals surface area contributed by atoms with Crippen molar-refractivity contribution < 1.29 is 9.53 Å². The number of hydrazone groups is 1. The third-order valence-electron chi connectivity index (χ3n) is 3.21. The molecule has 26 heavy (non-hydrogen) atoms. The van der Waals surface area contributed by atoms with Gasteiger partial charge in [-0.3, -0.25) is 10.2 Å². The summed E-state index contributed by atoms with van der Waals surface area (Å²) >= 11 is 1.37. The molecular weight excluding hydrogens is 350 g/mol. The SMILES string of the molecule is CC(=O)Nc1ccc(Oc2ccccc2C=NNc2nc(N)cs2)cc1. The van der Waals surface area contributed by atoms with Crippen molar-refractivity contribution in [3.63, 3.8) is 0 Å². The number of hydrogen-bond donors (Lipinski definition) is 3. The third-order valence-corrected chi connectivity index (χ3v) is 3.97. The Hall–Kier alpha value is -3.39. The summed E-state index contributed by atoms with van der Waals surface area (Å²) in [6.07, 6.45) is 1.65. The van der Waals surface area contributed by atoms with E-state index < -0.39 is 0 Å². The zero-order valence-corrected chi connectivity index (χ0v) is 14.8. The lowest BCUT2D eigenvalue weighted by molar-refractivity contribution is -0.114. The molecule has 2 aromatic carbocycles. The molecule has 0 saturated heterocycles. The standard InChI is InChI=1S/C18H17N5O2S/c1-12(24)21-14-6-8-15(9-7-14)25-16-5-3-2-4-13(16)10-20-23-18-22-17(19)11-26-18/h2-11H,19H2,1H3,(H,21,24)(H,22,23). The van der Waals surface area contributed by atoms with Crippen LogP contribution in [0.5, 0.6) is 11.5 Å². The number of benzene rings is 2. The Bertz CT molecular complexity index is 921. The molecule has 4 N–H and O–H groups in total. The summed E-state index contributed by atoms with van der Waals surface area (Å²) < 4.78 is 5.91. The molecule has 7 nitrogen and oxygen atoms in total. The van der Waals surface area contributed by atoms with E-state index in [0.717, 1.165) is 5.56 Å². The second-order valence-corrected chi connectivity index (χ2v) is 6.15. The Kier molecular flexibility index (Phi) is 5.45. The van der Waals surface area contributed by atoms with E-state index in [9.17, 15) is 4.79 Å². The van der Waals surface area contributed by atoms with Crippen LogP contribution < -0.4 is 21.2 Å². The number of ether oxygens (including phenoxy) is 1. The number of rotatable bonds is 6. The lowest BCUT2D eigenvalue weighted by Gasteiger charge is -2.09. The molecule has 0 aliphatic heterocycles. The van der Waals surface area contributed by atoms with Gasteiger partial charge in [0.15, 0.2) is 0 Å². The van der Waals surface area contributed by atoms with Crippen molar-refractivity contribution in [3.05, 3.63) is 59.5 Å². The zero-order chi connectivity index (χ0) is 18.4. The normalized spacial score (nSPS) is 10.7. The highest BCUT2D eigenvalue weighted by Crippen LogP contribution is 2.25. The maximum absolute atomic E-state index is 11.1. The average molecular weight is 367 g/mol. The number of nitrogen functional groups attached to an aromatic ring is 1. The van der Waals surface area contributed by atoms with Crippen molar-refractivity contribution in [2.24, 2.45) is 5.10 Å². The molecular formula is C18H17N5O2S. The highest BCUT2D eigenvalue weighted by atomic mass is 32.1. The molecule has 3 rings (SSSR count). The smallest absolute Gasteiger partial charge is 0.221 e. The molecule has 0 spiro atoms. The first-order chi connectivity index (χ1) is 12.6. The molecule has 0 aliphatic rings. The molecule has 0 radical (unpaired) electrons. The molecule has 0 atom stereocenters. The number of anilines is 3. The number of nitrogens with zero attached hydrogens (tertiary/aromatic N) is 2. The summed E-state index contributed by atoms with van der Waals surface area (Å²) in [7, 11) is 0. The van der Waals surface area contributed by atoms with Crippen LogP contribution in [0.2, 0.25) is 0 Å². The van der Waals surface area contributed by atoms with E-state index in [1.807, 2.05) is 24.3 Å². The van der Waals surface area contributed by atoms with Gasteiger partial charge in [0.2, 0.25) is 11.0 Å². The lowest BCUT2D eigenvalue weighted by atomic mass is 10.2. The van der Waals surface area contributed by atoms with Crippen LogP contribution in [0.15, 0.2) is 59.0 Å². The fourth-order valence-electron chi connectivity index (χ4n) is 2.11. The van der Waals surface area contributed by atoms with Gasteiger partial charge in [0.25, 0.3) is 0 Å². The molecule has 0 unspecified atom stereocenters. The number of para-hydroxylation sites is 1. The summed E-state index contributed by atoms with van der Waals surface area (Å²) in [6, 6.07) is 14.7. The Balaban J connectivity index is 1.69. The zero-order valence-electron chi connectivity index (χ0n) is 14.0. The molecule has 8 heteroatoms. The van der Waals surface area contributed by atoms with E-state index in [1.165, 1.54) is 18.3 Å². The van der Waals surface area contributed by atoms with Crippen molar-refractivity contribution in [3.8, 4) is 11.5 Å². The van der Waals surface area contributed by atoms with Gasteiger partial charge >= 0.3 is 0 Å². The van der Waals surface area contributed by atoms with E-state index in [1.54, 1.807) is 35.9 Å². The van der Waals surface area contributed by atoms with E-state index in [2.05, 4.69) is 20.8 Å². The minimum absolute atomic E-state index is 0.116. The molecule has 132 valence electrons. The van der Waals surface area contributed by atoms with Crippen LogP contribution in [0.1, 0.15) is 12.5 Å². The van der Waals surface area contributed by atoms with Gasteiger partial charge in [-0.1, -0.05) is 12.1 Å². The first-order valence-corrected chi connectivity index (χ1v) is 8.63. The fraction of sp³-hybridized carbons (Fsp3) is 0.0556. The predicted octanol–water partition coefficient (Wildman–Crippen LogP) is 3.92. The maximum Gasteiger partial charge on any atom is 0.221 e. The topological polar surface area (TPSA) is 102 Å². The number of carbonyl (C=O) groups is 1. The molecule has 3 aromatic rings. The highest BCUT2D eigenvalue weighted by Gasteiger charge is 2.04. The van der Waals surface area contributed by atoms with Crippen LogP contribution in [-0.2, 0) is 4.79 Å². The van der Waals surface area contributed by atoms with Gasteiger partial charge < -0.3 is 15.8 Å². The summed E-state index contributed by atoms with van der Waals surface area (Å²) in [5.41, 5.74) is 9.92. The number of nitrogens with two attached hydrogens (primary N) is 1. The summed E-state index contributed by atoms with van der Waals surface area (Å²) in [6.45, 7) is 1.47. The van der Waals surface area contributed by atoms with Crippen LogP contribution in [0.3, 0.4) is 0 Å². The van der Waals surface area contributed by atoms with Gasteiger partial charge in [-0.05, 0) is 36.4 Å². The van der Waals surface area contributed by atoms with Gasteiger partial charge in [0.05, 0.1) is 6.21 Å². The van der Waals surface area contributed by atoms with Crippen LogP contribution in [0, 0.1) is 0 Å². The molecule has 1 heterocycles. The number of amides is 1. The van der Waals surface area contributed by atoms with Crippen LogP contribution in [-0.4, -0.2) is 17.1 Å². The van der Waals surface area contributed by atoms with Crippen LogP contribution in [0.4, 0.5) is 16.6 Å². The van der Waals surface area contributed by atoms with E-state index in [4.69, 9.17) is 10.5 Å². The molecule has 0 bridgehead atoms. The summed E-state index contributed by atoms with van der Waals surface area (Å²) in [4.78, 5) is 15.1. The number of nitrogens with one attached hydrogen (secondary N) is 2. The molecule has 0 fully saturated rings. The van der Waals surface area contributed by atoms with E-state index >= 15 is 0 Å². The number of thiazole rings is 1. The van der Waals surface area contributed by atoms with Gasteiger partial charge in [0.1, 0.15) is 17.3 Å². The molecule has 0 saturated carbocycles. The van der Waals surface area contributed by atoms with Crippen molar-refractivity contribution in [2.45, 2.75) is 6.92 Å². The van der Waals surface area contributed by atoms with Gasteiger partial charge in [-0.2, -0.15) is 5.10 Å². The van der Waals surface area contributed by atoms with Crippen molar-refractivity contribution in [1.29, 1.82) is 0 Å². The Morgan fingerprint density at radius 1 is 1.23 bits per heavy atom. The van der Waals surface area contributed by atoms with Crippen molar-refractivity contribution in [2.75, 3.05) is 16.5 Å². The molecule has 0 aliphatic carbocycles. The van der Waals surface area contributed by atoms with Gasteiger partial charge in [-0.15, -0.1) is 11.3 Å². The molecule has 1 aromatic heterocycles. The Morgan fingerprint density at radius 2 is 2.00 bits per heavy atom. The number of carbonyl (C=O) groups excluding carboxylic acids is 1. The van der Waals surface area contributed by atoms with Gasteiger partial charge in [0, 0.05) is 23.6 Å². The average Bonchev–Trinajstić information content (AvgIpc) is 3.03. The van der Waals surface area contributed by atoms with Crippen molar-refractivity contribution in [1.82, 2.24) is 4.98 Å². The second-order valence-electron chi connectivity index (χ2n) is 5.29. The fourth-order valence-corrected chi connectivity index (χ4v) is 2.66. The van der Waals surface area contributed by atoms with Gasteiger partial charge in [-0.25, -0.2) is 4.98 Å². The lowest BCUT2D eigenvalue weighted by Crippen LogP contribution is -2.05. The van der Waals surface area contributed by atoms with E-state index in [0.29, 0.717) is 28.1 Å². The molecule has 1 amide bonds. The van der Waals surface area contributed by atoms with E-state index in [-0.39, 0.29) is 5.91 Å². The minimum atomic E-state index is -0.116. The summed E-state index contributed by atoms with van der Waals surface area (Å²) in [5.74, 6) is 1.65. The minimum Gasteiger partial charge on any atom is -0.457 e. The van der Waals surface area contributed by atoms with Crippen LogP contribution >= 0.6 is 11.3 Å². The Labute approximate surface area is 154 Å². The largest absolute Gasteiger partial charge is 0.457 e. The first-order valence-electron chi connectivity index (χ1n) is 7.75. The maximum atomic E-state index is 11.1. The third kappa shape index (κ3) is 4.81. The number of hydrogen-bond acceptors (Lipinski definition) is 7. The first kappa shape index (κ1) is 17.4. The quantitative estimate of drug-likeness (QED) is 0.453. The van der Waals surface area contributed by atoms with Crippen molar-refractivity contribution >= 4 is 40.1 Å². The van der Waals surface area contributed by atoms with Crippen LogP contribution in [0.25, 0.3) is 0 Å².